The van der Waals surface area contributed by atoms with Crippen LogP contribution in [0.15, 0.2) is 54.0 Å². The van der Waals surface area contributed by atoms with Gasteiger partial charge in [0.1, 0.15) is 22.3 Å². The van der Waals surface area contributed by atoms with Crippen molar-refractivity contribution in [2.75, 3.05) is 25.5 Å². The van der Waals surface area contributed by atoms with E-state index in [1.54, 1.807) is 21.6 Å². The first kappa shape index (κ1) is 26.9. The standard InChI is InChI=1S/C32H37N7O3/c1-4-16-38-29(40)24-20-33-30(36-28(24)39(38)26-9-6-21-11-13-32(41,5-2)27(21)35-26)34-23-7-8-25-22(19-23)10-12-31(42-25)14-17-37(3)18-15-31/h4,6-9,19-20,41H,1,5,10-18H2,2-3H3,(H,33,34,36)/t32-/m1/s1. The molecule has 1 aliphatic carbocycles. The lowest BCUT2D eigenvalue weighted by Crippen LogP contribution is -2.48. The molecule has 0 saturated carbocycles. The second-order valence-electron chi connectivity index (χ2n) is 12.0. The van der Waals surface area contributed by atoms with Crippen LogP contribution in [0.1, 0.15) is 55.8 Å². The summed E-state index contributed by atoms with van der Waals surface area (Å²) in [6.07, 6.45) is 9.32. The van der Waals surface area contributed by atoms with Gasteiger partial charge in [0.2, 0.25) is 5.95 Å². The Balaban J connectivity index is 1.23. The van der Waals surface area contributed by atoms with E-state index in [-0.39, 0.29) is 17.7 Å². The molecular formula is C32H37N7O3. The Hall–Kier alpha value is -4.02. The number of hydrogen-bond donors (Lipinski definition) is 2. The zero-order valence-corrected chi connectivity index (χ0v) is 24.3. The Kier molecular flexibility index (Phi) is 6.43. The lowest BCUT2D eigenvalue weighted by Gasteiger charge is -2.43. The molecule has 3 aromatic heterocycles. The fraction of sp³-hybridized carbons (Fsp3) is 0.438. The minimum absolute atomic E-state index is 0.0523. The number of rotatable bonds is 6. The van der Waals surface area contributed by atoms with E-state index < -0.39 is 5.60 Å². The van der Waals surface area contributed by atoms with Crippen molar-refractivity contribution < 1.29 is 9.84 Å². The van der Waals surface area contributed by atoms with E-state index in [0.717, 1.165) is 62.2 Å². The number of piperidine rings is 1. The van der Waals surface area contributed by atoms with E-state index in [4.69, 9.17) is 14.7 Å². The summed E-state index contributed by atoms with van der Waals surface area (Å²) in [5.41, 5.74) is 2.93. The number of nitrogens with zero attached hydrogens (tertiary/aromatic N) is 6. The van der Waals surface area contributed by atoms with Crippen molar-refractivity contribution in [2.24, 2.45) is 0 Å². The first-order chi connectivity index (χ1) is 20.3. The highest BCUT2D eigenvalue weighted by molar-refractivity contribution is 5.77. The zero-order valence-electron chi connectivity index (χ0n) is 24.3. The predicted molar refractivity (Wildman–Crippen MR) is 162 cm³/mol. The lowest BCUT2D eigenvalue weighted by molar-refractivity contribution is -0.00873. The largest absolute Gasteiger partial charge is 0.487 e. The Morgan fingerprint density at radius 3 is 2.69 bits per heavy atom. The SMILES string of the molecule is C=CCn1c(=O)c2cnc(Nc3ccc4c(c3)CCC3(CCN(C)CC3)O4)nc2n1-c1ccc2c(n1)[C@@](O)(CC)CC2. The van der Waals surface area contributed by atoms with Crippen molar-refractivity contribution >= 4 is 22.7 Å². The zero-order chi connectivity index (χ0) is 29.1. The number of allylic oxidation sites excluding steroid dienone is 1. The highest BCUT2D eigenvalue weighted by Gasteiger charge is 2.39. The van der Waals surface area contributed by atoms with Crippen LogP contribution in [-0.2, 0) is 25.0 Å². The number of ether oxygens (including phenoxy) is 1. The summed E-state index contributed by atoms with van der Waals surface area (Å²) < 4.78 is 9.84. The molecular weight excluding hydrogens is 530 g/mol. The Labute approximate surface area is 244 Å². The smallest absolute Gasteiger partial charge is 0.278 e. The number of anilines is 2. The molecule has 5 heterocycles. The maximum atomic E-state index is 13.4. The quantitative estimate of drug-likeness (QED) is 0.333. The van der Waals surface area contributed by atoms with Gasteiger partial charge in [0, 0.05) is 25.0 Å². The van der Waals surface area contributed by atoms with Crippen molar-refractivity contribution in [3.05, 3.63) is 76.4 Å². The van der Waals surface area contributed by atoms with Gasteiger partial charge in [-0.05, 0) is 87.4 Å². The number of benzene rings is 1. The summed E-state index contributed by atoms with van der Waals surface area (Å²) in [6, 6.07) is 10.0. The molecule has 1 spiro atoms. The molecule has 1 atom stereocenters. The van der Waals surface area contributed by atoms with Crippen LogP contribution in [0, 0.1) is 0 Å². The minimum Gasteiger partial charge on any atom is -0.487 e. The number of aliphatic hydroxyl groups is 1. The average Bonchev–Trinajstić information content (AvgIpc) is 3.48. The van der Waals surface area contributed by atoms with Crippen molar-refractivity contribution in [2.45, 2.75) is 69.6 Å². The highest BCUT2D eigenvalue weighted by atomic mass is 16.5. The number of fused-ring (bicyclic) bond motifs is 3. The normalized spacial score (nSPS) is 21.2. The van der Waals surface area contributed by atoms with Crippen LogP contribution < -0.4 is 15.6 Å². The third-order valence-electron chi connectivity index (χ3n) is 9.38. The van der Waals surface area contributed by atoms with Crippen LogP contribution in [0.2, 0.25) is 0 Å². The molecule has 2 N–H and O–H groups in total. The molecule has 42 heavy (non-hydrogen) atoms. The van der Waals surface area contributed by atoms with Gasteiger partial charge in [-0.15, -0.1) is 6.58 Å². The second kappa shape index (κ2) is 10.1. The molecule has 10 nitrogen and oxygen atoms in total. The van der Waals surface area contributed by atoms with Gasteiger partial charge in [-0.2, -0.15) is 4.98 Å². The number of likely N-dealkylation sites (tertiary alicyclic amines) is 1. The van der Waals surface area contributed by atoms with Crippen LogP contribution in [-0.4, -0.2) is 60.1 Å². The van der Waals surface area contributed by atoms with Gasteiger partial charge in [-0.3, -0.25) is 4.79 Å². The highest BCUT2D eigenvalue weighted by Crippen LogP contribution is 2.41. The van der Waals surface area contributed by atoms with E-state index in [1.807, 2.05) is 31.2 Å². The molecule has 2 aliphatic heterocycles. The van der Waals surface area contributed by atoms with Crippen molar-refractivity contribution in [1.82, 2.24) is 29.2 Å². The van der Waals surface area contributed by atoms with Gasteiger partial charge in [0.05, 0.1) is 12.2 Å². The molecule has 0 radical (unpaired) electrons. The molecule has 4 aromatic rings. The van der Waals surface area contributed by atoms with Gasteiger partial charge in [-0.1, -0.05) is 19.1 Å². The van der Waals surface area contributed by atoms with E-state index in [1.165, 1.54) is 5.56 Å². The Morgan fingerprint density at radius 1 is 1.10 bits per heavy atom. The number of aryl methyl sites for hydroxylation is 2. The van der Waals surface area contributed by atoms with Gasteiger partial charge >= 0.3 is 0 Å². The average molecular weight is 568 g/mol. The van der Waals surface area contributed by atoms with E-state index >= 15 is 0 Å². The molecule has 3 aliphatic rings. The molecule has 1 saturated heterocycles. The molecule has 1 aromatic carbocycles. The molecule has 7 rings (SSSR count). The molecule has 1 fully saturated rings. The molecule has 218 valence electrons. The Morgan fingerprint density at radius 2 is 1.90 bits per heavy atom. The molecule has 10 heteroatoms. The molecule has 0 unspecified atom stereocenters. The number of aromatic nitrogens is 5. The van der Waals surface area contributed by atoms with Crippen LogP contribution in [0.25, 0.3) is 16.9 Å². The van der Waals surface area contributed by atoms with Gasteiger partial charge in [0.25, 0.3) is 5.56 Å². The predicted octanol–water partition coefficient (Wildman–Crippen LogP) is 4.24. The summed E-state index contributed by atoms with van der Waals surface area (Å²) in [5.74, 6) is 1.86. The summed E-state index contributed by atoms with van der Waals surface area (Å²) >= 11 is 0. The third kappa shape index (κ3) is 4.40. The van der Waals surface area contributed by atoms with Crippen molar-refractivity contribution in [1.29, 1.82) is 0 Å². The maximum Gasteiger partial charge on any atom is 0.278 e. The summed E-state index contributed by atoms with van der Waals surface area (Å²) in [7, 11) is 2.17. The van der Waals surface area contributed by atoms with E-state index in [0.29, 0.717) is 41.3 Å². The van der Waals surface area contributed by atoms with Gasteiger partial charge in [0.15, 0.2) is 11.5 Å². The third-order valence-corrected chi connectivity index (χ3v) is 9.38. The maximum absolute atomic E-state index is 13.4. The van der Waals surface area contributed by atoms with E-state index in [2.05, 4.69) is 34.9 Å². The molecule has 0 amide bonds. The first-order valence-corrected chi connectivity index (χ1v) is 14.9. The van der Waals surface area contributed by atoms with Gasteiger partial charge < -0.3 is 20.1 Å². The monoisotopic (exact) mass is 567 g/mol. The van der Waals surface area contributed by atoms with Crippen LogP contribution in [0.3, 0.4) is 0 Å². The van der Waals surface area contributed by atoms with Crippen LogP contribution in [0.4, 0.5) is 11.6 Å². The first-order valence-electron chi connectivity index (χ1n) is 14.9. The number of pyridine rings is 1. The van der Waals surface area contributed by atoms with E-state index in [9.17, 15) is 9.90 Å². The summed E-state index contributed by atoms with van der Waals surface area (Å²) in [5, 5.41) is 14.9. The number of nitrogens with one attached hydrogen (secondary N) is 1. The lowest BCUT2D eigenvalue weighted by atomic mass is 9.83. The van der Waals surface area contributed by atoms with Gasteiger partial charge in [-0.25, -0.2) is 19.3 Å². The minimum atomic E-state index is -0.970. The van der Waals surface area contributed by atoms with Crippen LogP contribution >= 0.6 is 0 Å². The topological polar surface area (TPSA) is 110 Å². The van der Waals surface area contributed by atoms with Crippen molar-refractivity contribution in [3.8, 4) is 11.6 Å². The van der Waals surface area contributed by atoms with Crippen molar-refractivity contribution in [3.63, 3.8) is 0 Å². The summed E-state index contributed by atoms with van der Waals surface area (Å²) in [6.45, 7) is 8.21. The molecule has 0 bridgehead atoms. The fourth-order valence-corrected chi connectivity index (χ4v) is 6.72. The summed E-state index contributed by atoms with van der Waals surface area (Å²) in [4.78, 5) is 29.9. The second-order valence-corrected chi connectivity index (χ2v) is 12.0. The van der Waals surface area contributed by atoms with Crippen LogP contribution in [0.5, 0.6) is 5.75 Å². The Bertz CT molecular complexity index is 1750. The number of hydrogen-bond acceptors (Lipinski definition) is 8. The fourth-order valence-electron chi connectivity index (χ4n) is 6.72.